The van der Waals surface area contributed by atoms with Crippen LogP contribution in [0.1, 0.15) is 29.0 Å². The lowest BCUT2D eigenvalue weighted by Gasteiger charge is -2.20. The minimum absolute atomic E-state index is 0.193. The summed E-state index contributed by atoms with van der Waals surface area (Å²) in [5.74, 6) is 4.36. The van der Waals surface area contributed by atoms with Gasteiger partial charge in [0.15, 0.2) is 23.0 Å². The molecule has 0 saturated carbocycles. The van der Waals surface area contributed by atoms with Crippen molar-refractivity contribution in [3.8, 4) is 28.7 Å². The third-order valence-corrected chi connectivity index (χ3v) is 5.79. The highest BCUT2D eigenvalue weighted by molar-refractivity contribution is 5.49. The zero-order valence-corrected chi connectivity index (χ0v) is 17.5. The van der Waals surface area contributed by atoms with Gasteiger partial charge in [0.25, 0.3) is 0 Å². The predicted octanol–water partition coefficient (Wildman–Crippen LogP) is 3.44. The fourth-order valence-electron chi connectivity index (χ4n) is 4.21. The second-order valence-corrected chi connectivity index (χ2v) is 7.66. The standard InChI is InChI=1S/C25H25NO5/c1-27-21-5-3-2-4-20(21)19(18-7-9-23-25(13-18)31-16-29-23)10-11-26-14-17-6-8-22-24(12-17)30-15-28-22/h2-9,12-13,19,26H,10-11,14-16H2,1H3/p+1/t19-/m0/s1. The largest absolute Gasteiger partial charge is 0.496 e. The van der Waals surface area contributed by atoms with Crippen LogP contribution in [0.25, 0.3) is 0 Å². The molecule has 0 aliphatic carbocycles. The van der Waals surface area contributed by atoms with Crippen LogP contribution in [0.3, 0.4) is 0 Å². The molecule has 0 aromatic heterocycles. The van der Waals surface area contributed by atoms with Crippen LogP contribution in [-0.4, -0.2) is 27.2 Å². The number of rotatable bonds is 8. The Labute approximate surface area is 181 Å². The maximum Gasteiger partial charge on any atom is 0.231 e. The zero-order valence-electron chi connectivity index (χ0n) is 17.5. The van der Waals surface area contributed by atoms with Crippen LogP contribution in [0.5, 0.6) is 28.7 Å². The van der Waals surface area contributed by atoms with Crippen LogP contribution in [0.15, 0.2) is 60.7 Å². The van der Waals surface area contributed by atoms with Gasteiger partial charge in [-0.1, -0.05) is 24.3 Å². The number of ether oxygens (including phenoxy) is 5. The molecule has 0 radical (unpaired) electrons. The van der Waals surface area contributed by atoms with Crippen LogP contribution >= 0.6 is 0 Å². The van der Waals surface area contributed by atoms with Gasteiger partial charge in [-0.2, -0.15) is 0 Å². The summed E-state index contributed by atoms with van der Waals surface area (Å²) in [5.41, 5.74) is 3.60. The van der Waals surface area contributed by atoms with Crippen molar-refractivity contribution in [2.45, 2.75) is 18.9 Å². The molecule has 3 aromatic rings. The average Bonchev–Trinajstić information content (AvgIpc) is 3.47. The third kappa shape index (κ3) is 4.11. The van der Waals surface area contributed by atoms with Crippen molar-refractivity contribution in [2.24, 2.45) is 0 Å². The summed E-state index contributed by atoms with van der Waals surface area (Å²) in [5, 5.41) is 2.33. The predicted molar refractivity (Wildman–Crippen MR) is 115 cm³/mol. The van der Waals surface area contributed by atoms with Crippen molar-refractivity contribution in [3.05, 3.63) is 77.4 Å². The molecule has 2 aliphatic rings. The minimum atomic E-state index is 0.193. The van der Waals surface area contributed by atoms with E-state index in [1.165, 1.54) is 16.7 Å². The van der Waals surface area contributed by atoms with Crippen molar-refractivity contribution in [1.29, 1.82) is 0 Å². The summed E-state index contributed by atoms with van der Waals surface area (Å²) < 4.78 is 27.7. The Kier molecular flexibility index (Phi) is 5.54. The summed E-state index contributed by atoms with van der Waals surface area (Å²) in [4.78, 5) is 0. The maximum absolute atomic E-state index is 5.67. The lowest BCUT2D eigenvalue weighted by atomic mass is 9.87. The van der Waals surface area contributed by atoms with E-state index in [1.807, 2.05) is 24.3 Å². The zero-order chi connectivity index (χ0) is 21.0. The number of quaternary nitrogens is 1. The van der Waals surface area contributed by atoms with Crippen molar-refractivity contribution < 1.29 is 29.0 Å². The van der Waals surface area contributed by atoms with E-state index in [1.54, 1.807) is 7.11 Å². The van der Waals surface area contributed by atoms with Gasteiger partial charge in [0.2, 0.25) is 13.6 Å². The molecule has 1 atom stereocenters. The Morgan fingerprint density at radius 1 is 0.839 bits per heavy atom. The number of nitrogens with two attached hydrogens (primary N) is 1. The van der Waals surface area contributed by atoms with E-state index in [-0.39, 0.29) is 12.7 Å². The molecule has 0 unspecified atom stereocenters. The Bertz CT molecular complexity index is 1070. The first-order valence-corrected chi connectivity index (χ1v) is 10.5. The van der Waals surface area contributed by atoms with E-state index in [4.69, 9.17) is 23.7 Å². The molecular weight excluding hydrogens is 394 g/mol. The molecule has 5 rings (SSSR count). The summed E-state index contributed by atoms with van der Waals surface area (Å²) in [6.07, 6.45) is 0.963. The van der Waals surface area contributed by atoms with Crippen LogP contribution < -0.4 is 29.0 Å². The quantitative estimate of drug-likeness (QED) is 0.566. The van der Waals surface area contributed by atoms with Gasteiger partial charge >= 0.3 is 0 Å². The average molecular weight is 420 g/mol. The van der Waals surface area contributed by atoms with E-state index >= 15 is 0 Å². The highest BCUT2D eigenvalue weighted by Crippen LogP contribution is 2.39. The Hall–Kier alpha value is -3.38. The smallest absolute Gasteiger partial charge is 0.231 e. The first-order chi connectivity index (χ1) is 15.3. The Balaban J connectivity index is 1.31. The first-order valence-electron chi connectivity index (χ1n) is 10.5. The number of benzene rings is 3. The summed E-state index contributed by atoms with van der Waals surface area (Å²) >= 11 is 0. The second-order valence-electron chi connectivity index (χ2n) is 7.66. The molecule has 6 nitrogen and oxygen atoms in total. The van der Waals surface area contributed by atoms with E-state index in [2.05, 4.69) is 41.7 Å². The molecule has 3 aromatic carbocycles. The van der Waals surface area contributed by atoms with Crippen LogP contribution in [0.2, 0.25) is 0 Å². The van der Waals surface area contributed by atoms with E-state index in [0.29, 0.717) is 6.79 Å². The molecule has 2 N–H and O–H groups in total. The number of hydrogen-bond donors (Lipinski definition) is 1. The van der Waals surface area contributed by atoms with Gasteiger partial charge in [-0.15, -0.1) is 0 Å². The molecule has 2 aliphatic heterocycles. The molecule has 0 bridgehead atoms. The van der Waals surface area contributed by atoms with Gasteiger partial charge < -0.3 is 29.0 Å². The fraction of sp³-hybridized carbons (Fsp3) is 0.280. The van der Waals surface area contributed by atoms with Gasteiger partial charge in [0, 0.05) is 23.5 Å². The SMILES string of the molecule is COc1ccccc1[C@@H](CC[NH2+]Cc1ccc2c(c1)OCO2)c1ccc2c(c1)OCO2. The van der Waals surface area contributed by atoms with Crippen molar-refractivity contribution in [2.75, 3.05) is 27.2 Å². The monoisotopic (exact) mass is 420 g/mol. The second kappa shape index (κ2) is 8.78. The Morgan fingerprint density at radius 3 is 2.35 bits per heavy atom. The number of para-hydroxylation sites is 1. The highest BCUT2D eigenvalue weighted by Gasteiger charge is 2.22. The molecule has 31 heavy (non-hydrogen) atoms. The van der Waals surface area contributed by atoms with Gasteiger partial charge in [0.1, 0.15) is 12.3 Å². The first kappa shape index (κ1) is 19.6. The van der Waals surface area contributed by atoms with Gasteiger partial charge in [-0.25, -0.2) is 0 Å². The molecule has 0 saturated heterocycles. The summed E-state index contributed by atoms with van der Waals surface area (Å²) in [7, 11) is 1.72. The van der Waals surface area contributed by atoms with E-state index in [0.717, 1.165) is 48.3 Å². The molecule has 6 heteroatoms. The fourth-order valence-corrected chi connectivity index (χ4v) is 4.21. The summed E-state index contributed by atoms with van der Waals surface area (Å²) in [6, 6.07) is 20.6. The van der Waals surface area contributed by atoms with Crippen LogP contribution in [0, 0.1) is 0 Å². The normalized spacial score (nSPS) is 14.5. The topological polar surface area (TPSA) is 62.8 Å². The third-order valence-electron chi connectivity index (χ3n) is 5.79. The number of methoxy groups -OCH3 is 1. The van der Waals surface area contributed by atoms with Crippen molar-refractivity contribution in [3.63, 3.8) is 0 Å². The lowest BCUT2D eigenvalue weighted by molar-refractivity contribution is -0.671. The highest BCUT2D eigenvalue weighted by atomic mass is 16.7. The summed E-state index contributed by atoms with van der Waals surface area (Å²) in [6.45, 7) is 2.43. The lowest BCUT2D eigenvalue weighted by Crippen LogP contribution is -2.82. The molecule has 0 spiro atoms. The van der Waals surface area contributed by atoms with Crippen LogP contribution in [-0.2, 0) is 6.54 Å². The molecule has 0 amide bonds. The van der Waals surface area contributed by atoms with Crippen molar-refractivity contribution in [1.82, 2.24) is 0 Å². The van der Waals surface area contributed by atoms with Gasteiger partial charge in [0.05, 0.1) is 13.7 Å². The van der Waals surface area contributed by atoms with E-state index < -0.39 is 0 Å². The molecule has 160 valence electrons. The Morgan fingerprint density at radius 2 is 1.55 bits per heavy atom. The van der Waals surface area contributed by atoms with Crippen molar-refractivity contribution >= 4 is 0 Å². The molecular formula is C25H26NO5+. The van der Waals surface area contributed by atoms with E-state index in [9.17, 15) is 0 Å². The minimum Gasteiger partial charge on any atom is -0.496 e. The van der Waals surface area contributed by atoms with Gasteiger partial charge in [-0.3, -0.25) is 0 Å². The maximum atomic E-state index is 5.67. The van der Waals surface area contributed by atoms with Crippen LogP contribution in [0.4, 0.5) is 0 Å². The van der Waals surface area contributed by atoms with Gasteiger partial charge in [-0.05, 0) is 42.0 Å². The molecule has 0 fully saturated rings. The molecule has 2 heterocycles. The number of fused-ring (bicyclic) bond motifs is 2. The number of hydrogen-bond acceptors (Lipinski definition) is 5.